The molecule has 0 aliphatic heterocycles. The second-order valence-electron chi connectivity index (χ2n) is 11.3. The molecule has 0 aromatic carbocycles. The van der Waals surface area contributed by atoms with Crippen molar-refractivity contribution >= 4 is 11.9 Å². The summed E-state index contributed by atoms with van der Waals surface area (Å²) < 4.78 is 0. The molecule has 4 nitrogen and oxygen atoms in total. The maximum atomic E-state index is 12.5. The molecular weight excluding hydrogens is 424 g/mol. The standard InChI is InChI=1S/C30H54O4/c1-4-5-6-7-8-9-10-11-12-13-14-15-16-17-18-19-22-29(27(31)32)23-20-21-24-30(29,28(33)34)25-26(2)3/h20-21,26H,4-19,22-25H2,1-3H3,(H,31,32)(H,33,34). The van der Waals surface area contributed by atoms with Crippen LogP contribution in [0.2, 0.25) is 0 Å². The lowest BCUT2D eigenvalue weighted by Gasteiger charge is -2.47. The Kier molecular flexibility index (Phi) is 15.5. The van der Waals surface area contributed by atoms with Crippen LogP contribution in [0.5, 0.6) is 0 Å². The van der Waals surface area contributed by atoms with Crippen LogP contribution in [0, 0.1) is 16.7 Å². The second-order valence-corrected chi connectivity index (χ2v) is 11.3. The summed E-state index contributed by atoms with van der Waals surface area (Å²) in [5.74, 6) is -1.72. The van der Waals surface area contributed by atoms with Gasteiger partial charge in [-0.15, -0.1) is 0 Å². The van der Waals surface area contributed by atoms with E-state index >= 15 is 0 Å². The van der Waals surface area contributed by atoms with Crippen molar-refractivity contribution in [2.45, 2.75) is 149 Å². The maximum absolute atomic E-state index is 12.5. The van der Waals surface area contributed by atoms with Crippen molar-refractivity contribution in [1.82, 2.24) is 0 Å². The molecule has 2 N–H and O–H groups in total. The summed E-state index contributed by atoms with van der Waals surface area (Å²) in [6.07, 6.45) is 25.8. The molecule has 0 aromatic rings. The van der Waals surface area contributed by atoms with Crippen molar-refractivity contribution in [1.29, 1.82) is 0 Å². The van der Waals surface area contributed by atoms with Gasteiger partial charge in [-0.1, -0.05) is 136 Å². The van der Waals surface area contributed by atoms with Crippen LogP contribution in [-0.2, 0) is 9.59 Å². The number of hydrogen-bond acceptors (Lipinski definition) is 2. The molecule has 34 heavy (non-hydrogen) atoms. The number of aliphatic carboxylic acids is 2. The molecule has 1 rings (SSSR count). The second kappa shape index (κ2) is 17.2. The van der Waals surface area contributed by atoms with Gasteiger partial charge in [0.2, 0.25) is 0 Å². The fourth-order valence-corrected chi connectivity index (χ4v) is 6.03. The summed E-state index contributed by atoms with van der Waals surface area (Å²) in [7, 11) is 0. The molecule has 0 saturated heterocycles. The quantitative estimate of drug-likeness (QED) is 0.127. The van der Waals surface area contributed by atoms with E-state index in [1.165, 1.54) is 83.5 Å². The largest absolute Gasteiger partial charge is 0.481 e. The minimum atomic E-state index is -1.20. The fourth-order valence-electron chi connectivity index (χ4n) is 6.03. The fraction of sp³-hybridized carbons (Fsp3) is 0.867. The van der Waals surface area contributed by atoms with Gasteiger partial charge in [0.15, 0.2) is 0 Å². The van der Waals surface area contributed by atoms with Crippen LogP contribution in [0.3, 0.4) is 0 Å². The van der Waals surface area contributed by atoms with Gasteiger partial charge < -0.3 is 10.2 Å². The van der Waals surface area contributed by atoms with Gasteiger partial charge in [0.1, 0.15) is 0 Å². The van der Waals surface area contributed by atoms with Crippen LogP contribution in [-0.4, -0.2) is 22.2 Å². The van der Waals surface area contributed by atoms with Crippen LogP contribution >= 0.6 is 0 Å². The maximum Gasteiger partial charge on any atom is 0.311 e. The highest BCUT2D eigenvalue weighted by Crippen LogP contribution is 2.55. The summed E-state index contributed by atoms with van der Waals surface area (Å²) in [6, 6.07) is 0. The average molecular weight is 479 g/mol. The number of unbranched alkanes of at least 4 members (excludes halogenated alkanes) is 15. The Morgan fingerprint density at radius 1 is 0.647 bits per heavy atom. The highest BCUT2D eigenvalue weighted by molar-refractivity contribution is 5.87. The smallest absolute Gasteiger partial charge is 0.311 e. The molecule has 1 aliphatic carbocycles. The van der Waals surface area contributed by atoms with Crippen LogP contribution in [0.1, 0.15) is 149 Å². The Bertz CT molecular complexity index is 597. The third kappa shape index (κ3) is 9.74. The van der Waals surface area contributed by atoms with Crippen LogP contribution in [0.4, 0.5) is 0 Å². The van der Waals surface area contributed by atoms with E-state index in [9.17, 15) is 19.8 Å². The first-order chi connectivity index (χ1) is 16.3. The van der Waals surface area contributed by atoms with Crippen molar-refractivity contribution in [3.05, 3.63) is 12.2 Å². The summed E-state index contributed by atoms with van der Waals surface area (Å²) in [6.45, 7) is 6.25. The molecule has 1 aliphatic rings. The molecule has 2 unspecified atom stereocenters. The Morgan fingerprint density at radius 2 is 1.00 bits per heavy atom. The normalized spacial score (nSPS) is 22.4. The average Bonchev–Trinajstić information content (AvgIpc) is 2.79. The molecule has 0 bridgehead atoms. The minimum absolute atomic E-state index is 0.145. The van der Waals surface area contributed by atoms with E-state index in [4.69, 9.17) is 0 Å². The molecule has 4 heteroatoms. The molecule has 0 fully saturated rings. The Labute approximate surface area is 210 Å². The third-order valence-electron chi connectivity index (χ3n) is 8.05. The molecule has 198 valence electrons. The Hall–Kier alpha value is -1.32. The number of hydrogen-bond donors (Lipinski definition) is 2. The first-order valence-corrected chi connectivity index (χ1v) is 14.4. The number of carboxylic acids is 2. The van der Waals surface area contributed by atoms with Gasteiger partial charge in [-0.2, -0.15) is 0 Å². The zero-order valence-corrected chi connectivity index (χ0v) is 22.6. The van der Waals surface area contributed by atoms with Crippen LogP contribution in [0.25, 0.3) is 0 Å². The van der Waals surface area contributed by atoms with Gasteiger partial charge >= 0.3 is 11.9 Å². The van der Waals surface area contributed by atoms with Crippen molar-refractivity contribution in [3.63, 3.8) is 0 Å². The molecule has 0 spiro atoms. The lowest BCUT2D eigenvalue weighted by atomic mass is 9.53. The van der Waals surface area contributed by atoms with E-state index in [0.29, 0.717) is 25.7 Å². The Balaban J connectivity index is 2.27. The summed E-state index contributed by atoms with van der Waals surface area (Å²) in [5.41, 5.74) is -2.38. The van der Waals surface area contributed by atoms with E-state index in [0.717, 1.165) is 19.3 Å². The van der Waals surface area contributed by atoms with Crippen LogP contribution < -0.4 is 0 Å². The molecule has 0 amide bonds. The van der Waals surface area contributed by atoms with E-state index in [1.54, 1.807) is 0 Å². The SMILES string of the molecule is CCCCCCCCCCCCCCCCCCC1(C(=O)O)CC=CCC1(CC(C)C)C(=O)O. The number of carbonyl (C=O) groups is 2. The third-order valence-corrected chi connectivity index (χ3v) is 8.05. The van der Waals surface area contributed by atoms with E-state index in [2.05, 4.69) is 6.92 Å². The van der Waals surface area contributed by atoms with Gasteiger partial charge in [-0.3, -0.25) is 9.59 Å². The van der Waals surface area contributed by atoms with Gasteiger partial charge in [-0.25, -0.2) is 0 Å². The molecular formula is C30H54O4. The summed E-state index contributed by atoms with van der Waals surface area (Å²) in [5, 5.41) is 20.4. The van der Waals surface area contributed by atoms with E-state index < -0.39 is 22.8 Å². The van der Waals surface area contributed by atoms with Gasteiger partial charge in [0.05, 0.1) is 10.8 Å². The first kappa shape index (κ1) is 30.7. The molecule has 0 saturated carbocycles. The highest BCUT2D eigenvalue weighted by Gasteiger charge is 2.60. The zero-order valence-electron chi connectivity index (χ0n) is 22.6. The van der Waals surface area contributed by atoms with E-state index in [-0.39, 0.29) is 5.92 Å². The van der Waals surface area contributed by atoms with Gasteiger partial charge in [0.25, 0.3) is 0 Å². The van der Waals surface area contributed by atoms with Crippen LogP contribution in [0.15, 0.2) is 12.2 Å². The van der Waals surface area contributed by atoms with Crippen molar-refractivity contribution < 1.29 is 19.8 Å². The highest BCUT2D eigenvalue weighted by atomic mass is 16.4. The van der Waals surface area contributed by atoms with Crippen molar-refractivity contribution in [3.8, 4) is 0 Å². The molecule has 0 radical (unpaired) electrons. The monoisotopic (exact) mass is 478 g/mol. The zero-order chi connectivity index (χ0) is 25.3. The minimum Gasteiger partial charge on any atom is -0.481 e. The van der Waals surface area contributed by atoms with Gasteiger partial charge in [-0.05, 0) is 31.6 Å². The summed E-state index contributed by atoms with van der Waals surface area (Å²) in [4.78, 5) is 24.9. The van der Waals surface area contributed by atoms with E-state index in [1.807, 2.05) is 26.0 Å². The molecule has 0 heterocycles. The number of allylic oxidation sites excluding steroid dienone is 2. The first-order valence-electron chi connectivity index (χ1n) is 14.4. The van der Waals surface area contributed by atoms with Crippen molar-refractivity contribution in [2.24, 2.45) is 16.7 Å². The lowest BCUT2D eigenvalue weighted by Crippen LogP contribution is -2.54. The predicted octanol–water partition coefficient (Wildman–Crippen LogP) is 9.18. The molecule has 2 atom stereocenters. The lowest BCUT2D eigenvalue weighted by molar-refractivity contribution is -0.178. The summed E-state index contributed by atoms with van der Waals surface area (Å²) >= 11 is 0. The topological polar surface area (TPSA) is 74.6 Å². The Morgan fingerprint density at radius 3 is 1.35 bits per heavy atom. The van der Waals surface area contributed by atoms with Gasteiger partial charge in [0, 0.05) is 0 Å². The predicted molar refractivity (Wildman–Crippen MR) is 142 cm³/mol. The number of rotatable bonds is 21. The number of carboxylic acid groups (broad SMARTS) is 2. The molecule has 0 aromatic heterocycles. The van der Waals surface area contributed by atoms with Crippen molar-refractivity contribution in [2.75, 3.05) is 0 Å².